The van der Waals surface area contributed by atoms with E-state index in [1.165, 1.54) is 14.0 Å². The van der Waals surface area contributed by atoms with Gasteiger partial charge in [0.15, 0.2) is 6.29 Å². The minimum atomic E-state index is -0.158. The highest BCUT2D eigenvalue weighted by molar-refractivity contribution is 5.92. The Hall–Kier alpha value is -1.84. The molecular formula is C13H17NO3. The molecule has 0 unspecified atom stereocenters. The summed E-state index contributed by atoms with van der Waals surface area (Å²) in [5.41, 5.74) is 2.04. The number of nitrogens with one attached hydrogen (secondary N) is 1. The molecule has 0 atom stereocenters. The third-order valence-electron chi connectivity index (χ3n) is 2.46. The second-order valence-corrected chi connectivity index (χ2v) is 4.14. The van der Waals surface area contributed by atoms with Crippen LogP contribution in [0.3, 0.4) is 0 Å². The third-order valence-corrected chi connectivity index (χ3v) is 2.46. The standard InChI is InChI=1S/C13H17NO3/c1-8(2)11-6-13(17-4)10(7-15)5-12(11)14-9(3)16/h5-8H,1-4H3,(H,14,16). The van der Waals surface area contributed by atoms with Crippen LogP contribution in [0.4, 0.5) is 5.69 Å². The SMILES string of the molecule is COc1cc(C(C)C)c(NC(C)=O)cc1C=O. The summed E-state index contributed by atoms with van der Waals surface area (Å²) in [7, 11) is 1.52. The van der Waals surface area contributed by atoms with E-state index in [0.717, 1.165) is 5.56 Å². The number of methoxy groups -OCH3 is 1. The van der Waals surface area contributed by atoms with E-state index in [1.54, 1.807) is 12.1 Å². The van der Waals surface area contributed by atoms with E-state index < -0.39 is 0 Å². The van der Waals surface area contributed by atoms with Crippen LogP contribution in [0.1, 0.15) is 42.6 Å². The zero-order valence-corrected chi connectivity index (χ0v) is 10.5. The third kappa shape index (κ3) is 3.06. The fourth-order valence-corrected chi connectivity index (χ4v) is 1.66. The van der Waals surface area contributed by atoms with Crippen molar-refractivity contribution in [2.45, 2.75) is 26.7 Å². The van der Waals surface area contributed by atoms with Crippen LogP contribution in [-0.4, -0.2) is 19.3 Å². The molecule has 0 aromatic heterocycles. The summed E-state index contributed by atoms with van der Waals surface area (Å²) in [6.07, 6.45) is 0.717. The predicted molar refractivity (Wildman–Crippen MR) is 66.8 cm³/mol. The topological polar surface area (TPSA) is 55.4 Å². The van der Waals surface area contributed by atoms with Gasteiger partial charge in [0.2, 0.25) is 5.91 Å². The lowest BCUT2D eigenvalue weighted by Gasteiger charge is -2.16. The van der Waals surface area contributed by atoms with Crippen molar-refractivity contribution in [3.05, 3.63) is 23.3 Å². The minimum absolute atomic E-state index is 0.158. The van der Waals surface area contributed by atoms with Gasteiger partial charge in [0.25, 0.3) is 0 Å². The number of aldehydes is 1. The summed E-state index contributed by atoms with van der Waals surface area (Å²) in [6.45, 7) is 5.47. The molecule has 0 spiro atoms. The molecule has 1 N–H and O–H groups in total. The van der Waals surface area contributed by atoms with E-state index >= 15 is 0 Å². The number of benzene rings is 1. The molecule has 0 heterocycles. The van der Waals surface area contributed by atoms with E-state index in [4.69, 9.17) is 4.74 Å². The zero-order chi connectivity index (χ0) is 13.0. The van der Waals surface area contributed by atoms with Gasteiger partial charge >= 0.3 is 0 Å². The predicted octanol–water partition coefficient (Wildman–Crippen LogP) is 2.59. The largest absolute Gasteiger partial charge is 0.496 e. The molecule has 1 aromatic carbocycles. The minimum Gasteiger partial charge on any atom is -0.496 e. The Morgan fingerprint density at radius 1 is 1.41 bits per heavy atom. The smallest absolute Gasteiger partial charge is 0.221 e. The molecule has 0 radical (unpaired) electrons. The number of anilines is 1. The van der Waals surface area contributed by atoms with Gasteiger partial charge in [-0.25, -0.2) is 0 Å². The monoisotopic (exact) mass is 235 g/mol. The maximum atomic E-state index is 11.1. The average Bonchev–Trinajstić information content (AvgIpc) is 2.27. The summed E-state index contributed by atoms with van der Waals surface area (Å²) in [5.74, 6) is 0.596. The maximum Gasteiger partial charge on any atom is 0.221 e. The second kappa shape index (κ2) is 5.48. The number of hydrogen-bond donors (Lipinski definition) is 1. The van der Waals surface area contributed by atoms with Gasteiger partial charge in [-0.05, 0) is 23.6 Å². The van der Waals surface area contributed by atoms with Crippen molar-refractivity contribution >= 4 is 17.9 Å². The fourth-order valence-electron chi connectivity index (χ4n) is 1.66. The summed E-state index contributed by atoms with van der Waals surface area (Å²) in [4.78, 5) is 22.0. The van der Waals surface area contributed by atoms with Crippen LogP contribution in [0.5, 0.6) is 5.75 Å². The fraction of sp³-hybridized carbons (Fsp3) is 0.385. The Morgan fingerprint density at radius 3 is 2.47 bits per heavy atom. The van der Waals surface area contributed by atoms with Crippen molar-refractivity contribution in [3.63, 3.8) is 0 Å². The second-order valence-electron chi connectivity index (χ2n) is 4.14. The number of carbonyl (C=O) groups is 2. The molecule has 4 heteroatoms. The number of rotatable bonds is 4. The van der Waals surface area contributed by atoms with Crippen molar-refractivity contribution in [2.75, 3.05) is 12.4 Å². The molecule has 0 saturated carbocycles. The summed E-state index contributed by atoms with van der Waals surface area (Å²) in [5, 5.41) is 2.73. The Bertz CT molecular complexity index is 439. The molecular weight excluding hydrogens is 218 g/mol. The highest BCUT2D eigenvalue weighted by atomic mass is 16.5. The average molecular weight is 235 g/mol. The van der Waals surface area contributed by atoms with Gasteiger partial charge in [-0.2, -0.15) is 0 Å². The van der Waals surface area contributed by atoms with Gasteiger partial charge in [-0.15, -0.1) is 0 Å². The van der Waals surface area contributed by atoms with E-state index in [0.29, 0.717) is 23.3 Å². The quantitative estimate of drug-likeness (QED) is 0.816. The lowest BCUT2D eigenvalue weighted by atomic mass is 9.98. The first-order valence-corrected chi connectivity index (χ1v) is 5.44. The van der Waals surface area contributed by atoms with Crippen molar-refractivity contribution < 1.29 is 14.3 Å². The van der Waals surface area contributed by atoms with Crippen molar-refractivity contribution in [3.8, 4) is 5.75 Å². The molecule has 1 aromatic rings. The van der Waals surface area contributed by atoms with E-state index in [-0.39, 0.29) is 11.8 Å². The number of carbonyl (C=O) groups excluding carboxylic acids is 2. The highest BCUT2D eigenvalue weighted by Gasteiger charge is 2.13. The first-order chi connectivity index (χ1) is 7.99. The van der Waals surface area contributed by atoms with Crippen LogP contribution in [0, 0.1) is 0 Å². The normalized spacial score (nSPS) is 10.2. The molecule has 1 amide bonds. The molecule has 0 bridgehead atoms. The van der Waals surface area contributed by atoms with E-state index in [1.807, 2.05) is 13.8 Å². The molecule has 17 heavy (non-hydrogen) atoms. The highest BCUT2D eigenvalue weighted by Crippen LogP contribution is 2.31. The lowest BCUT2D eigenvalue weighted by molar-refractivity contribution is -0.114. The molecule has 0 aliphatic heterocycles. The van der Waals surface area contributed by atoms with Crippen LogP contribution >= 0.6 is 0 Å². The first kappa shape index (κ1) is 13.2. The van der Waals surface area contributed by atoms with Gasteiger partial charge in [-0.1, -0.05) is 13.8 Å². The Kier molecular flexibility index (Phi) is 4.26. The van der Waals surface area contributed by atoms with Gasteiger partial charge < -0.3 is 10.1 Å². The summed E-state index contributed by atoms with van der Waals surface area (Å²) in [6, 6.07) is 3.43. The first-order valence-electron chi connectivity index (χ1n) is 5.44. The van der Waals surface area contributed by atoms with Crippen LogP contribution in [0.2, 0.25) is 0 Å². The lowest BCUT2D eigenvalue weighted by Crippen LogP contribution is -2.10. The molecule has 0 saturated heterocycles. The van der Waals surface area contributed by atoms with Gasteiger partial charge in [-0.3, -0.25) is 9.59 Å². The van der Waals surface area contributed by atoms with Gasteiger partial charge in [0.05, 0.1) is 12.7 Å². The van der Waals surface area contributed by atoms with Crippen LogP contribution in [0.25, 0.3) is 0 Å². The molecule has 4 nitrogen and oxygen atoms in total. The zero-order valence-electron chi connectivity index (χ0n) is 10.5. The van der Waals surface area contributed by atoms with Crippen LogP contribution < -0.4 is 10.1 Å². The number of amides is 1. The van der Waals surface area contributed by atoms with Crippen LogP contribution in [-0.2, 0) is 4.79 Å². The van der Waals surface area contributed by atoms with E-state index in [9.17, 15) is 9.59 Å². The number of hydrogen-bond acceptors (Lipinski definition) is 3. The van der Waals surface area contributed by atoms with Crippen LogP contribution in [0.15, 0.2) is 12.1 Å². The Morgan fingerprint density at radius 2 is 2.06 bits per heavy atom. The van der Waals surface area contributed by atoms with Crippen molar-refractivity contribution in [1.82, 2.24) is 0 Å². The molecule has 92 valence electrons. The molecule has 0 aliphatic carbocycles. The van der Waals surface area contributed by atoms with Crippen molar-refractivity contribution in [2.24, 2.45) is 0 Å². The number of ether oxygens (including phenoxy) is 1. The molecule has 0 aliphatic rings. The summed E-state index contributed by atoms with van der Waals surface area (Å²) >= 11 is 0. The summed E-state index contributed by atoms with van der Waals surface area (Å²) < 4.78 is 5.14. The van der Waals surface area contributed by atoms with Gasteiger partial charge in [0.1, 0.15) is 5.75 Å². The van der Waals surface area contributed by atoms with Gasteiger partial charge in [0, 0.05) is 12.6 Å². The van der Waals surface area contributed by atoms with Crippen molar-refractivity contribution in [1.29, 1.82) is 0 Å². The Balaban J connectivity index is 3.34. The van der Waals surface area contributed by atoms with E-state index in [2.05, 4.69) is 5.32 Å². The Labute approximate surface area is 101 Å². The maximum absolute atomic E-state index is 11.1. The molecule has 0 fully saturated rings. The molecule has 1 rings (SSSR count).